The van der Waals surface area contributed by atoms with Crippen molar-refractivity contribution >= 4 is 17.3 Å². The maximum Gasteiger partial charge on any atom is 0.166 e. The van der Waals surface area contributed by atoms with Gasteiger partial charge in [-0.2, -0.15) is 0 Å². The summed E-state index contributed by atoms with van der Waals surface area (Å²) in [6.45, 7) is 14.5. The Morgan fingerprint density at radius 2 is 1.83 bits per heavy atom. The van der Waals surface area contributed by atoms with Crippen molar-refractivity contribution in [2.45, 2.75) is 65.6 Å². The fourth-order valence-electron chi connectivity index (χ4n) is 3.83. The van der Waals surface area contributed by atoms with E-state index in [0.29, 0.717) is 6.04 Å². The van der Waals surface area contributed by atoms with E-state index in [2.05, 4.69) is 80.5 Å². The van der Waals surface area contributed by atoms with Gasteiger partial charge in [0.15, 0.2) is 5.11 Å². The molecule has 3 nitrogen and oxygen atoms in total. The molecule has 0 aromatic heterocycles. The number of nitrogens with one attached hydrogen (secondary N) is 2. The first-order chi connectivity index (χ1) is 11.1. The van der Waals surface area contributed by atoms with E-state index in [1.54, 1.807) is 0 Å². The third kappa shape index (κ3) is 6.78. The summed E-state index contributed by atoms with van der Waals surface area (Å²) >= 11 is 5.56. The number of hydrogen-bond donors (Lipinski definition) is 2. The van der Waals surface area contributed by atoms with Crippen LogP contribution in [0.1, 0.15) is 53.0 Å². The van der Waals surface area contributed by atoms with E-state index in [1.165, 1.54) is 5.56 Å². The zero-order chi connectivity index (χ0) is 17.8. The van der Waals surface area contributed by atoms with Crippen LogP contribution >= 0.6 is 12.2 Å². The van der Waals surface area contributed by atoms with Crippen LogP contribution in [-0.2, 0) is 6.54 Å². The highest BCUT2D eigenvalue weighted by atomic mass is 32.1. The smallest absolute Gasteiger partial charge is 0.166 e. The van der Waals surface area contributed by atoms with E-state index in [-0.39, 0.29) is 11.0 Å². The highest BCUT2D eigenvalue weighted by Gasteiger charge is 2.28. The molecule has 0 bridgehead atoms. The zero-order valence-corrected chi connectivity index (χ0v) is 16.7. The van der Waals surface area contributed by atoms with Crippen molar-refractivity contribution < 1.29 is 0 Å². The molecule has 0 spiro atoms. The first-order valence-corrected chi connectivity index (χ1v) is 9.39. The second-order valence-corrected chi connectivity index (χ2v) is 9.33. The molecule has 1 fully saturated rings. The molecule has 0 radical (unpaired) electrons. The lowest BCUT2D eigenvalue weighted by atomic mass is 9.82. The van der Waals surface area contributed by atoms with Crippen LogP contribution in [-0.4, -0.2) is 34.7 Å². The minimum Gasteiger partial charge on any atom is -0.359 e. The molecule has 1 atom stereocenters. The quantitative estimate of drug-likeness (QED) is 0.789. The standard InChI is InChI=1S/C20H33N3S/c1-19(2,3)15-20(4,5)22-18(24)21-17-11-12-23(14-17)13-16-9-7-6-8-10-16/h6-10,17H,11-15H2,1-5H3,(H2,21,22,24). The maximum atomic E-state index is 5.56. The van der Waals surface area contributed by atoms with Crippen LogP contribution in [0.2, 0.25) is 0 Å². The summed E-state index contributed by atoms with van der Waals surface area (Å²) in [5.41, 5.74) is 1.67. The Morgan fingerprint density at radius 3 is 2.46 bits per heavy atom. The monoisotopic (exact) mass is 347 g/mol. The Morgan fingerprint density at radius 1 is 1.17 bits per heavy atom. The molecule has 0 saturated carbocycles. The predicted molar refractivity (Wildman–Crippen MR) is 107 cm³/mol. The van der Waals surface area contributed by atoms with Gasteiger partial charge in [-0.3, -0.25) is 4.90 Å². The van der Waals surface area contributed by atoms with E-state index in [1.807, 2.05) is 0 Å². The molecular weight excluding hydrogens is 314 g/mol. The van der Waals surface area contributed by atoms with Gasteiger partial charge in [0.05, 0.1) is 0 Å². The highest BCUT2D eigenvalue weighted by Crippen LogP contribution is 2.26. The number of benzene rings is 1. The summed E-state index contributed by atoms with van der Waals surface area (Å²) in [6, 6.07) is 11.1. The number of rotatable bonds is 5. The second-order valence-electron chi connectivity index (χ2n) is 8.93. The summed E-state index contributed by atoms with van der Waals surface area (Å²) < 4.78 is 0. The first-order valence-electron chi connectivity index (χ1n) is 8.98. The first kappa shape index (κ1) is 19.2. The SMILES string of the molecule is CC(C)(C)CC(C)(C)NC(=S)NC1CCN(Cc2ccccc2)C1. The van der Waals surface area contributed by atoms with Crippen LogP contribution in [0.5, 0.6) is 0 Å². The van der Waals surface area contributed by atoms with Crippen molar-refractivity contribution in [3.63, 3.8) is 0 Å². The van der Waals surface area contributed by atoms with Gasteiger partial charge in [-0.15, -0.1) is 0 Å². The summed E-state index contributed by atoms with van der Waals surface area (Å²) in [5.74, 6) is 0. The lowest BCUT2D eigenvalue weighted by Crippen LogP contribution is -2.52. The normalized spacial score (nSPS) is 19.3. The summed E-state index contributed by atoms with van der Waals surface area (Å²) in [7, 11) is 0. The molecule has 1 aromatic rings. The Labute approximate surface area is 153 Å². The average molecular weight is 348 g/mol. The molecule has 24 heavy (non-hydrogen) atoms. The van der Waals surface area contributed by atoms with Crippen LogP contribution in [0.15, 0.2) is 30.3 Å². The van der Waals surface area contributed by atoms with Crippen LogP contribution in [0.25, 0.3) is 0 Å². The van der Waals surface area contributed by atoms with Crippen molar-refractivity contribution in [1.29, 1.82) is 0 Å². The molecule has 1 aliphatic heterocycles. The van der Waals surface area contributed by atoms with Gasteiger partial charge in [-0.1, -0.05) is 51.1 Å². The summed E-state index contributed by atoms with van der Waals surface area (Å²) in [4.78, 5) is 2.50. The molecule has 4 heteroatoms. The molecule has 1 heterocycles. The Balaban J connectivity index is 1.77. The fraction of sp³-hybridized carbons (Fsp3) is 0.650. The Hall–Kier alpha value is -1.13. The Kier molecular flexibility index (Phi) is 6.27. The van der Waals surface area contributed by atoms with Gasteiger partial charge in [-0.05, 0) is 49.9 Å². The molecule has 1 aromatic carbocycles. The van der Waals surface area contributed by atoms with Crippen molar-refractivity contribution in [3.8, 4) is 0 Å². The molecule has 2 rings (SSSR count). The molecule has 1 aliphatic rings. The average Bonchev–Trinajstić information content (AvgIpc) is 2.83. The van der Waals surface area contributed by atoms with Crippen LogP contribution in [0, 0.1) is 5.41 Å². The highest BCUT2D eigenvalue weighted by molar-refractivity contribution is 7.80. The lowest BCUT2D eigenvalue weighted by Gasteiger charge is -2.34. The van der Waals surface area contributed by atoms with Crippen molar-refractivity contribution in [2.75, 3.05) is 13.1 Å². The molecule has 0 aliphatic carbocycles. The van der Waals surface area contributed by atoms with Crippen LogP contribution in [0.4, 0.5) is 0 Å². The third-order valence-electron chi connectivity index (χ3n) is 4.28. The van der Waals surface area contributed by atoms with E-state index in [0.717, 1.165) is 37.6 Å². The summed E-state index contributed by atoms with van der Waals surface area (Å²) in [5, 5.41) is 7.81. The molecule has 1 unspecified atom stereocenters. The maximum absolute atomic E-state index is 5.56. The third-order valence-corrected chi connectivity index (χ3v) is 4.50. The minimum atomic E-state index is 0.00463. The molecule has 2 N–H and O–H groups in total. The second kappa shape index (κ2) is 7.83. The van der Waals surface area contributed by atoms with Gasteiger partial charge in [0.25, 0.3) is 0 Å². The Bertz CT molecular complexity index is 534. The van der Waals surface area contributed by atoms with Crippen LogP contribution in [0.3, 0.4) is 0 Å². The minimum absolute atomic E-state index is 0.00463. The number of hydrogen-bond acceptors (Lipinski definition) is 2. The van der Waals surface area contributed by atoms with Gasteiger partial charge in [-0.25, -0.2) is 0 Å². The fourth-order valence-corrected chi connectivity index (χ4v) is 4.28. The molecular formula is C20H33N3S. The number of thiocarbonyl (C=S) groups is 1. The van der Waals surface area contributed by atoms with Gasteiger partial charge in [0.1, 0.15) is 0 Å². The van der Waals surface area contributed by atoms with E-state index < -0.39 is 0 Å². The van der Waals surface area contributed by atoms with Crippen molar-refractivity contribution in [2.24, 2.45) is 5.41 Å². The van der Waals surface area contributed by atoms with Gasteiger partial charge in [0, 0.05) is 31.2 Å². The predicted octanol–water partition coefficient (Wildman–Crippen LogP) is 3.94. The molecule has 134 valence electrons. The number of likely N-dealkylation sites (tertiary alicyclic amines) is 1. The van der Waals surface area contributed by atoms with Gasteiger partial charge in [0.2, 0.25) is 0 Å². The molecule has 0 amide bonds. The van der Waals surface area contributed by atoms with Crippen molar-refractivity contribution in [3.05, 3.63) is 35.9 Å². The van der Waals surface area contributed by atoms with E-state index in [4.69, 9.17) is 12.2 Å². The molecule has 1 saturated heterocycles. The van der Waals surface area contributed by atoms with E-state index >= 15 is 0 Å². The zero-order valence-electron chi connectivity index (χ0n) is 15.9. The largest absolute Gasteiger partial charge is 0.359 e. The van der Waals surface area contributed by atoms with Crippen LogP contribution < -0.4 is 10.6 Å². The topological polar surface area (TPSA) is 27.3 Å². The van der Waals surface area contributed by atoms with Crippen molar-refractivity contribution in [1.82, 2.24) is 15.5 Å². The van der Waals surface area contributed by atoms with Gasteiger partial charge >= 0.3 is 0 Å². The van der Waals surface area contributed by atoms with Gasteiger partial charge < -0.3 is 10.6 Å². The summed E-state index contributed by atoms with van der Waals surface area (Å²) in [6.07, 6.45) is 2.22. The number of nitrogens with zero attached hydrogens (tertiary/aromatic N) is 1. The van der Waals surface area contributed by atoms with E-state index in [9.17, 15) is 0 Å². The lowest BCUT2D eigenvalue weighted by molar-refractivity contribution is 0.266.